The van der Waals surface area contributed by atoms with Gasteiger partial charge in [0, 0.05) is 48.2 Å². The van der Waals surface area contributed by atoms with Crippen LogP contribution in [0.15, 0.2) is 29.1 Å². The van der Waals surface area contributed by atoms with E-state index in [1.807, 2.05) is 36.4 Å². The van der Waals surface area contributed by atoms with Crippen LogP contribution in [0.25, 0.3) is 0 Å². The molecular weight excluding hydrogens is 416 g/mol. The van der Waals surface area contributed by atoms with Gasteiger partial charge in [-0.3, -0.25) is 14.6 Å². The normalized spacial score (nSPS) is 13.2. The second-order valence-electron chi connectivity index (χ2n) is 7.41. The zero-order chi connectivity index (χ0) is 21.1. The highest BCUT2D eigenvalue weighted by atomic mass is 32.1. The van der Waals surface area contributed by atoms with E-state index in [2.05, 4.69) is 21.4 Å². The van der Waals surface area contributed by atoms with Gasteiger partial charge in [-0.2, -0.15) is 0 Å². The lowest BCUT2D eigenvalue weighted by Crippen LogP contribution is -2.37. The third kappa shape index (κ3) is 4.60. The van der Waals surface area contributed by atoms with E-state index >= 15 is 0 Å². The summed E-state index contributed by atoms with van der Waals surface area (Å²) in [5.74, 6) is 0.0147. The zero-order valence-corrected chi connectivity index (χ0v) is 18.7. The van der Waals surface area contributed by atoms with E-state index in [-0.39, 0.29) is 11.8 Å². The number of thiazole rings is 1. The summed E-state index contributed by atoms with van der Waals surface area (Å²) in [5.41, 5.74) is 4.71. The molecule has 0 radical (unpaired) electrons. The van der Waals surface area contributed by atoms with E-state index in [0.717, 1.165) is 34.7 Å². The molecule has 4 rings (SSSR count). The number of pyridine rings is 1. The molecule has 2 amide bonds. The van der Waals surface area contributed by atoms with Crippen LogP contribution in [-0.2, 0) is 30.7 Å². The Hall–Kier alpha value is -2.58. The second-order valence-corrected chi connectivity index (χ2v) is 9.50. The van der Waals surface area contributed by atoms with E-state index < -0.39 is 0 Å². The van der Waals surface area contributed by atoms with Crippen molar-refractivity contribution in [3.8, 4) is 0 Å². The lowest BCUT2D eigenvalue weighted by molar-refractivity contribution is -0.132. The molecule has 0 atom stereocenters. The van der Waals surface area contributed by atoms with Crippen LogP contribution >= 0.6 is 22.7 Å². The fraction of sp³-hybridized carbons (Fsp3) is 0.364. The summed E-state index contributed by atoms with van der Waals surface area (Å²) >= 11 is 3.16. The van der Waals surface area contributed by atoms with Gasteiger partial charge in [0.25, 0.3) is 5.91 Å². The minimum atomic E-state index is -0.169. The van der Waals surface area contributed by atoms with Gasteiger partial charge in [-0.15, -0.1) is 22.7 Å². The fourth-order valence-corrected chi connectivity index (χ4v) is 5.04. The highest BCUT2D eigenvalue weighted by Crippen LogP contribution is 2.25. The van der Waals surface area contributed by atoms with Gasteiger partial charge in [0.15, 0.2) is 0 Å². The molecule has 3 aromatic rings. The smallest absolute Gasteiger partial charge is 0.271 e. The van der Waals surface area contributed by atoms with Crippen molar-refractivity contribution in [2.75, 3.05) is 6.54 Å². The van der Waals surface area contributed by atoms with Crippen molar-refractivity contribution in [2.45, 2.75) is 46.2 Å². The van der Waals surface area contributed by atoms with Crippen molar-refractivity contribution in [1.82, 2.24) is 20.2 Å². The number of hydrogen-bond donors (Lipinski definition) is 1. The monoisotopic (exact) mass is 440 g/mol. The number of hydrogen-bond acceptors (Lipinski definition) is 6. The Kier molecular flexibility index (Phi) is 6.24. The Morgan fingerprint density at radius 3 is 2.87 bits per heavy atom. The van der Waals surface area contributed by atoms with E-state index in [9.17, 15) is 9.59 Å². The van der Waals surface area contributed by atoms with Gasteiger partial charge in [0.2, 0.25) is 5.91 Å². The molecule has 0 bridgehead atoms. The van der Waals surface area contributed by atoms with E-state index in [1.165, 1.54) is 21.8 Å². The van der Waals surface area contributed by atoms with Gasteiger partial charge in [0.05, 0.1) is 5.01 Å². The lowest BCUT2D eigenvalue weighted by Gasteiger charge is -2.30. The fourth-order valence-electron chi connectivity index (χ4n) is 3.74. The topological polar surface area (TPSA) is 75.2 Å². The molecule has 0 fully saturated rings. The van der Waals surface area contributed by atoms with Crippen LogP contribution in [0.2, 0.25) is 0 Å². The first-order valence-electron chi connectivity index (χ1n) is 9.98. The van der Waals surface area contributed by atoms with Gasteiger partial charge in [-0.25, -0.2) is 4.98 Å². The number of amides is 2. The maximum Gasteiger partial charge on any atom is 0.271 e. The van der Waals surface area contributed by atoms with Gasteiger partial charge < -0.3 is 10.2 Å². The third-order valence-corrected chi connectivity index (χ3v) is 7.10. The molecule has 156 valence electrons. The summed E-state index contributed by atoms with van der Waals surface area (Å²) in [4.78, 5) is 37.0. The summed E-state index contributed by atoms with van der Waals surface area (Å²) in [5, 5.41) is 7.67. The highest BCUT2D eigenvalue weighted by molar-refractivity contribution is 7.10. The number of nitrogens with one attached hydrogen (secondary N) is 1. The molecule has 8 heteroatoms. The molecule has 1 N–H and O–H groups in total. The molecule has 0 saturated carbocycles. The van der Waals surface area contributed by atoms with Crippen molar-refractivity contribution >= 4 is 34.5 Å². The SMILES string of the molecule is Cc1nc(C(=O)NCc2c(C)ncc3c2CCN(C(=O)CCc2cccs2)C3)cs1. The van der Waals surface area contributed by atoms with E-state index in [1.54, 1.807) is 16.7 Å². The van der Waals surface area contributed by atoms with Crippen LogP contribution in [0.3, 0.4) is 0 Å². The van der Waals surface area contributed by atoms with Crippen LogP contribution in [0.5, 0.6) is 0 Å². The molecule has 30 heavy (non-hydrogen) atoms. The molecule has 0 aliphatic carbocycles. The zero-order valence-electron chi connectivity index (χ0n) is 17.1. The van der Waals surface area contributed by atoms with E-state index in [0.29, 0.717) is 31.7 Å². The molecular formula is C22H24N4O2S2. The number of aromatic nitrogens is 2. The molecule has 0 unspecified atom stereocenters. The number of nitrogens with zero attached hydrogens (tertiary/aromatic N) is 3. The van der Waals surface area contributed by atoms with Gasteiger partial charge in [0.1, 0.15) is 5.69 Å². The van der Waals surface area contributed by atoms with Crippen LogP contribution in [0.4, 0.5) is 0 Å². The number of thiophene rings is 1. The quantitative estimate of drug-likeness (QED) is 0.635. The first-order valence-corrected chi connectivity index (χ1v) is 11.7. The average molecular weight is 441 g/mol. The standard InChI is InChI=1S/C22H24N4O2S2/c1-14-19(11-24-22(28)20-13-30-15(2)25-20)18-7-8-26(12-16(18)10-23-14)21(27)6-5-17-4-3-9-29-17/h3-4,9-10,13H,5-8,11-12H2,1-2H3,(H,24,28). The molecule has 0 spiro atoms. The van der Waals surface area contributed by atoms with E-state index in [4.69, 9.17) is 0 Å². The Labute approximate surface area is 184 Å². The molecule has 1 aliphatic rings. The largest absolute Gasteiger partial charge is 0.347 e. The van der Waals surface area contributed by atoms with Crippen LogP contribution < -0.4 is 5.32 Å². The van der Waals surface area contributed by atoms with Crippen molar-refractivity contribution < 1.29 is 9.59 Å². The summed E-state index contributed by atoms with van der Waals surface area (Å²) in [6.45, 7) is 5.55. The van der Waals surface area contributed by atoms with Crippen molar-refractivity contribution in [3.63, 3.8) is 0 Å². The summed E-state index contributed by atoms with van der Waals surface area (Å²) in [6.07, 6.45) is 3.98. The number of carbonyl (C=O) groups excluding carboxylic acids is 2. The van der Waals surface area contributed by atoms with Crippen molar-refractivity contribution in [2.24, 2.45) is 0 Å². The molecule has 3 aromatic heterocycles. The molecule has 6 nitrogen and oxygen atoms in total. The second kappa shape index (κ2) is 9.06. The lowest BCUT2D eigenvalue weighted by atomic mass is 9.94. The van der Waals surface area contributed by atoms with Gasteiger partial charge in [-0.05, 0) is 54.8 Å². The summed E-state index contributed by atoms with van der Waals surface area (Å²) < 4.78 is 0. The Balaban J connectivity index is 1.41. The molecule has 1 aliphatic heterocycles. The molecule has 0 aromatic carbocycles. The van der Waals surface area contributed by atoms with Crippen molar-refractivity contribution in [1.29, 1.82) is 0 Å². The minimum Gasteiger partial charge on any atom is -0.347 e. The van der Waals surface area contributed by atoms with Crippen LogP contribution in [-0.4, -0.2) is 33.2 Å². The predicted molar refractivity (Wildman–Crippen MR) is 119 cm³/mol. The maximum absolute atomic E-state index is 12.7. The first kappa shape index (κ1) is 20.7. The molecule has 4 heterocycles. The summed E-state index contributed by atoms with van der Waals surface area (Å²) in [7, 11) is 0. The predicted octanol–water partition coefficient (Wildman–Crippen LogP) is 3.66. The number of fused-ring (bicyclic) bond motifs is 1. The van der Waals surface area contributed by atoms with Crippen LogP contribution in [0, 0.1) is 13.8 Å². The van der Waals surface area contributed by atoms with Gasteiger partial charge >= 0.3 is 0 Å². The Morgan fingerprint density at radius 1 is 1.27 bits per heavy atom. The van der Waals surface area contributed by atoms with Crippen LogP contribution in [0.1, 0.15) is 49.2 Å². The Morgan fingerprint density at radius 2 is 2.13 bits per heavy atom. The highest BCUT2D eigenvalue weighted by Gasteiger charge is 2.24. The Bertz CT molecular complexity index is 1060. The number of rotatable bonds is 6. The summed E-state index contributed by atoms with van der Waals surface area (Å²) in [6, 6.07) is 4.09. The number of carbonyl (C=O) groups is 2. The average Bonchev–Trinajstić information content (AvgIpc) is 3.42. The third-order valence-electron chi connectivity index (χ3n) is 5.39. The minimum absolute atomic E-state index is 0.169. The molecule has 0 saturated heterocycles. The number of aryl methyl sites for hydroxylation is 3. The first-order chi connectivity index (χ1) is 14.5. The van der Waals surface area contributed by atoms with Crippen molar-refractivity contribution in [3.05, 3.63) is 67.1 Å². The maximum atomic E-state index is 12.7. The van der Waals surface area contributed by atoms with Gasteiger partial charge in [-0.1, -0.05) is 6.07 Å².